The first-order valence-corrected chi connectivity index (χ1v) is 12.4. The Labute approximate surface area is 205 Å². The van der Waals surface area contributed by atoms with E-state index in [4.69, 9.17) is 14.7 Å². The summed E-state index contributed by atoms with van der Waals surface area (Å²) in [5, 5.41) is 0. The molecule has 0 radical (unpaired) electrons. The average molecular weight is 465 g/mol. The van der Waals surface area contributed by atoms with E-state index in [-0.39, 0.29) is 0 Å². The number of nitrogens with zero attached hydrogens (tertiary/aromatic N) is 4. The number of aryl methyl sites for hydroxylation is 1. The van der Waals surface area contributed by atoms with E-state index in [1.165, 1.54) is 19.3 Å². The second-order valence-corrected chi connectivity index (χ2v) is 9.51. The Balaban J connectivity index is 1.95. The Kier molecular flexibility index (Phi) is 9.36. The van der Waals surface area contributed by atoms with E-state index in [1.807, 2.05) is 26.0 Å². The van der Waals surface area contributed by atoms with Gasteiger partial charge in [0.15, 0.2) is 0 Å². The van der Waals surface area contributed by atoms with E-state index in [0.29, 0.717) is 24.3 Å². The zero-order valence-electron chi connectivity index (χ0n) is 21.5. The molecule has 0 aliphatic carbocycles. The van der Waals surface area contributed by atoms with Crippen molar-refractivity contribution in [2.45, 2.75) is 66.0 Å². The van der Waals surface area contributed by atoms with Gasteiger partial charge in [-0.3, -0.25) is 19.7 Å². The van der Waals surface area contributed by atoms with Crippen molar-refractivity contribution >= 4 is 17.7 Å². The summed E-state index contributed by atoms with van der Waals surface area (Å²) in [5.74, 6) is 1.04. The molecule has 6 nitrogen and oxygen atoms in total. The van der Waals surface area contributed by atoms with Crippen LogP contribution in [-0.2, 0) is 9.53 Å². The number of morpholine rings is 1. The molecule has 2 aliphatic rings. The number of hydrogen-bond donors (Lipinski definition) is 0. The molecule has 1 aromatic rings. The number of hydrogen-bond acceptors (Lipinski definition) is 5. The fourth-order valence-corrected chi connectivity index (χ4v) is 4.56. The van der Waals surface area contributed by atoms with Crippen LogP contribution in [0.5, 0.6) is 0 Å². The molecule has 3 rings (SSSR count). The van der Waals surface area contributed by atoms with Crippen LogP contribution in [0.1, 0.15) is 63.9 Å². The summed E-state index contributed by atoms with van der Waals surface area (Å²) in [6.07, 6.45) is 8.09. The van der Waals surface area contributed by atoms with Gasteiger partial charge in [0.25, 0.3) is 0 Å². The Hall–Kier alpha value is -2.57. The Morgan fingerprint density at radius 2 is 2.03 bits per heavy atom. The van der Waals surface area contributed by atoms with E-state index in [1.54, 1.807) is 6.08 Å². The predicted molar refractivity (Wildman–Crippen MR) is 140 cm³/mol. The fraction of sp³-hybridized carbons (Fsp3) is 0.536. The molecular formula is C28H40N4O2. The second-order valence-electron chi connectivity index (χ2n) is 9.51. The van der Waals surface area contributed by atoms with Crippen LogP contribution in [0.25, 0.3) is 5.57 Å². The summed E-state index contributed by atoms with van der Waals surface area (Å²) in [7, 11) is 0. The molecule has 3 heterocycles. The topological polar surface area (TPSA) is 58.0 Å². The number of rotatable bonds is 7. The van der Waals surface area contributed by atoms with Gasteiger partial charge in [-0.1, -0.05) is 12.7 Å². The summed E-state index contributed by atoms with van der Waals surface area (Å²) in [4.78, 5) is 26.4. The first kappa shape index (κ1) is 26.0. The van der Waals surface area contributed by atoms with Gasteiger partial charge in [0.2, 0.25) is 0 Å². The molecule has 0 aromatic carbocycles. The van der Waals surface area contributed by atoms with Gasteiger partial charge in [-0.25, -0.2) is 0 Å². The highest BCUT2D eigenvalue weighted by Crippen LogP contribution is 2.23. The molecule has 0 N–H and O–H groups in total. The predicted octanol–water partition coefficient (Wildman–Crippen LogP) is 4.79. The highest BCUT2D eigenvalue weighted by atomic mass is 16.5. The number of amidine groups is 1. The summed E-state index contributed by atoms with van der Waals surface area (Å²) in [5.41, 5.74) is 5.33. The van der Waals surface area contributed by atoms with Crippen LogP contribution in [0.4, 0.5) is 0 Å². The molecule has 0 spiro atoms. The molecule has 34 heavy (non-hydrogen) atoms. The molecule has 0 unspecified atom stereocenters. The lowest BCUT2D eigenvalue weighted by Gasteiger charge is -2.37. The van der Waals surface area contributed by atoms with Crippen molar-refractivity contribution in [3.8, 4) is 0 Å². The Morgan fingerprint density at radius 1 is 1.24 bits per heavy atom. The van der Waals surface area contributed by atoms with Gasteiger partial charge in [0.1, 0.15) is 12.1 Å². The van der Waals surface area contributed by atoms with E-state index in [0.717, 1.165) is 66.5 Å². The smallest absolute Gasteiger partial charge is 0.150 e. The van der Waals surface area contributed by atoms with Gasteiger partial charge < -0.3 is 9.64 Å². The standard InChI is InChI=1S/C28H40N4O2/c1-7-20(2)25(17-33)16-21(3)27-12-11-26(24(6)30-27)28(32-13-9-8-10-22(32)4)29-19-31-14-15-34-18-23(31)5/h7,11-12,16-17,22-23H,1,8-10,13-15,18-19H2,2-6H3/b21-16+,25-20+,29-28+/t22-,23-/m0/s1. The highest BCUT2D eigenvalue weighted by Gasteiger charge is 2.25. The maximum absolute atomic E-state index is 11.5. The summed E-state index contributed by atoms with van der Waals surface area (Å²) >= 11 is 0. The molecule has 2 saturated heterocycles. The van der Waals surface area contributed by atoms with Gasteiger partial charge in [-0.15, -0.1) is 0 Å². The monoisotopic (exact) mass is 464 g/mol. The lowest BCUT2D eigenvalue weighted by Crippen LogP contribution is -2.46. The lowest BCUT2D eigenvalue weighted by atomic mass is 10.0. The third-order valence-corrected chi connectivity index (χ3v) is 6.97. The number of aldehydes is 1. The minimum absolute atomic E-state index is 0.367. The molecule has 0 amide bonds. The number of aliphatic imine (C=N–C) groups is 1. The Morgan fingerprint density at radius 3 is 2.68 bits per heavy atom. The van der Waals surface area contributed by atoms with Crippen molar-refractivity contribution in [3.63, 3.8) is 0 Å². The van der Waals surface area contributed by atoms with Crippen LogP contribution in [0, 0.1) is 6.92 Å². The van der Waals surface area contributed by atoms with Crippen LogP contribution in [0.15, 0.2) is 47.0 Å². The Bertz CT molecular complexity index is 979. The SMILES string of the molecule is C=C/C(C)=C(C=O)\C=C(/C)c1ccc(/C(=N\CN2CCOC[C@@H]2C)N2CCCC[C@@H]2C)c(C)n1. The molecule has 2 atom stereocenters. The molecule has 0 saturated carbocycles. The average Bonchev–Trinajstić information content (AvgIpc) is 2.84. The first-order chi connectivity index (χ1) is 16.3. The van der Waals surface area contributed by atoms with Crippen LogP contribution >= 0.6 is 0 Å². The van der Waals surface area contributed by atoms with E-state index < -0.39 is 0 Å². The molecule has 6 heteroatoms. The summed E-state index contributed by atoms with van der Waals surface area (Å²) < 4.78 is 5.60. The van der Waals surface area contributed by atoms with Crippen LogP contribution in [-0.4, -0.2) is 72.0 Å². The van der Waals surface area contributed by atoms with Crippen LogP contribution in [0.3, 0.4) is 0 Å². The molecule has 184 valence electrons. The molecule has 1 aromatic heterocycles. The number of allylic oxidation sites excluding steroid dienone is 5. The van der Waals surface area contributed by atoms with Crippen molar-refractivity contribution in [2.75, 3.05) is 33.0 Å². The van der Waals surface area contributed by atoms with Crippen molar-refractivity contribution in [1.82, 2.24) is 14.8 Å². The molecular weight excluding hydrogens is 424 g/mol. The van der Waals surface area contributed by atoms with Crippen molar-refractivity contribution in [1.29, 1.82) is 0 Å². The summed E-state index contributed by atoms with van der Waals surface area (Å²) in [6.45, 7) is 18.3. The van der Waals surface area contributed by atoms with E-state index in [9.17, 15) is 4.79 Å². The van der Waals surface area contributed by atoms with Gasteiger partial charge in [-0.2, -0.15) is 0 Å². The van der Waals surface area contributed by atoms with Crippen LogP contribution < -0.4 is 0 Å². The van der Waals surface area contributed by atoms with E-state index in [2.05, 4.69) is 43.2 Å². The minimum atomic E-state index is 0.367. The zero-order chi connectivity index (χ0) is 24.7. The number of carbonyl (C=O) groups is 1. The summed E-state index contributed by atoms with van der Waals surface area (Å²) in [6, 6.07) is 5.01. The number of carbonyl (C=O) groups excluding carboxylic acids is 1. The maximum Gasteiger partial charge on any atom is 0.150 e. The number of piperidine rings is 1. The third-order valence-electron chi connectivity index (χ3n) is 6.97. The molecule has 0 bridgehead atoms. The first-order valence-electron chi connectivity index (χ1n) is 12.4. The second kappa shape index (κ2) is 12.2. The van der Waals surface area contributed by atoms with Crippen LogP contribution in [0.2, 0.25) is 0 Å². The van der Waals surface area contributed by atoms with Crippen molar-refractivity contribution < 1.29 is 9.53 Å². The third kappa shape index (κ3) is 6.30. The maximum atomic E-state index is 11.5. The van der Waals surface area contributed by atoms with E-state index >= 15 is 0 Å². The van der Waals surface area contributed by atoms with Crippen molar-refractivity contribution in [2.24, 2.45) is 4.99 Å². The fourth-order valence-electron chi connectivity index (χ4n) is 4.56. The minimum Gasteiger partial charge on any atom is -0.379 e. The van der Waals surface area contributed by atoms with Gasteiger partial charge in [0, 0.05) is 42.0 Å². The normalized spacial score (nSPS) is 23.5. The van der Waals surface area contributed by atoms with Gasteiger partial charge in [0.05, 0.1) is 25.6 Å². The largest absolute Gasteiger partial charge is 0.379 e. The number of pyridine rings is 1. The zero-order valence-corrected chi connectivity index (χ0v) is 21.5. The number of ether oxygens (including phenoxy) is 1. The molecule has 2 aliphatic heterocycles. The quantitative estimate of drug-likeness (QED) is 0.191. The van der Waals surface area contributed by atoms with Crippen molar-refractivity contribution in [3.05, 3.63) is 59.0 Å². The van der Waals surface area contributed by atoms with Gasteiger partial charge in [-0.05, 0) is 83.2 Å². The lowest BCUT2D eigenvalue weighted by molar-refractivity contribution is -0.104. The number of likely N-dealkylation sites (tertiary alicyclic amines) is 1. The highest BCUT2D eigenvalue weighted by molar-refractivity contribution is 6.00. The number of aromatic nitrogens is 1. The van der Waals surface area contributed by atoms with Gasteiger partial charge >= 0.3 is 0 Å². The molecule has 2 fully saturated rings.